The topological polar surface area (TPSA) is 29.1 Å². The normalized spacial score (nSPS) is 11.3. The Morgan fingerprint density at radius 2 is 1.41 bits per heavy atom. The van der Waals surface area contributed by atoms with E-state index in [0.29, 0.717) is 0 Å². The smallest absolute Gasteiger partial charge is 0.322 e. The Morgan fingerprint density at radius 1 is 0.778 bits per heavy atom. The molecule has 3 rings (SSSR count). The van der Waals surface area contributed by atoms with E-state index in [1.807, 2.05) is 0 Å². The van der Waals surface area contributed by atoms with Crippen LogP contribution in [-0.4, -0.2) is 5.91 Å². The summed E-state index contributed by atoms with van der Waals surface area (Å²) in [4.78, 5) is 12.1. The first-order valence-electron chi connectivity index (χ1n) is 7.79. The average molecular weight is 377 g/mol. The van der Waals surface area contributed by atoms with Crippen molar-refractivity contribution < 1.29 is 26.7 Å². The zero-order valence-corrected chi connectivity index (χ0v) is 13.6. The molecular formula is C20H12F5NO. The van der Waals surface area contributed by atoms with Gasteiger partial charge in [0.1, 0.15) is 11.6 Å². The van der Waals surface area contributed by atoms with Gasteiger partial charge in [-0.3, -0.25) is 4.79 Å². The standard InChI is InChI=1S/C20H12F5NO/c21-16-6-2-1-4-14(16)19(27)26-13-10-8-12(9-11-13)18-15(20(23,24)25)5-3-7-17(18)22/h1-11H,(H,26,27). The molecule has 7 heteroatoms. The number of hydrogen-bond donors (Lipinski definition) is 1. The molecule has 0 radical (unpaired) electrons. The van der Waals surface area contributed by atoms with Gasteiger partial charge in [0.15, 0.2) is 0 Å². The highest BCUT2D eigenvalue weighted by molar-refractivity contribution is 6.04. The minimum absolute atomic E-state index is 0.00400. The Kier molecular flexibility index (Phi) is 4.94. The summed E-state index contributed by atoms with van der Waals surface area (Å²) >= 11 is 0. The third kappa shape index (κ3) is 3.97. The molecule has 1 N–H and O–H groups in total. The zero-order valence-electron chi connectivity index (χ0n) is 13.6. The number of rotatable bonds is 3. The quantitative estimate of drug-likeness (QED) is 0.566. The SMILES string of the molecule is O=C(Nc1ccc(-c2c(F)cccc2C(F)(F)F)cc1)c1ccccc1F. The highest BCUT2D eigenvalue weighted by Crippen LogP contribution is 2.38. The molecular weight excluding hydrogens is 365 g/mol. The molecule has 0 bridgehead atoms. The van der Waals surface area contributed by atoms with Crippen LogP contribution in [0.2, 0.25) is 0 Å². The van der Waals surface area contributed by atoms with E-state index < -0.39 is 34.8 Å². The maximum absolute atomic E-state index is 14.0. The van der Waals surface area contributed by atoms with Crippen LogP contribution in [0.25, 0.3) is 11.1 Å². The molecule has 27 heavy (non-hydrogen) atoms. The second kappa shape index (κ2) is 7.19. The number of alkyl halides is 3. The summed E-state index contributed by atoms with van der Waals surface area (Å²) in [5.41, 5.74) is -1.60. The molecule has 0 saturated carbocycles. The molecule has 0 aliphatic heterocycles. The Balaban J connectivity index is 1.89. The lowest BCUT2D eigenvalue weighted by Gasteiger charge is -2.14. The molecule has 0 unspecified atom stereocenters. The van der Waals surface area contributed by atoms with E-state index in [1.54, 1.807) is 0 Å². The van der Waals surface area contributed by atoms with Crippen LogP contribution in [0, 0.1) is 11.6 Å². The largest absolute Gasteiger partial charge is 0.417 e. The number of carbonyl (C=O) groups is 1. The van der Waals surface area contributed by atoms with E-state index in [0.717, 1.165) is 24.3 Å². The van der Waals surface area contributed by atoms with Crippen molar-refractivity contribution in [2.45, 2.75) is 6.18 Å². The van der Waals surface area contributed by atoms with Crippen molar-refractivity contribution in [3.8, 4) is 11.1 Å². The molecule has 0 atom stereocenters. The molecule has 3 aromatic rings. The van der Waals surface area contributed by atoms with E-state index >= 15 is 0 Å². The summed E-state index contributed by atoms with van der Waals surface area (Å²) < 4.78 is 67.0. The number of nitrogens with one attached hydrogen (secondary N) is 1. The van der Waals surface area contributed by atoms with E-state index in [9.17, 15) is 26.7 Å². The number of benzene rings is 3. The van der Waals surface area contributed by atoms with Crippen molar-refractivity contribution in [3.63, 3.8) is 0 Å². The Bertz CT molecular complexity index is 980. The van der Waals surface area contributed by atoms with Crippen molar-refractivity contribution >= 4 is 11.6 Å². The van der Waals surface area contributed by atoms with Gasteiger partial charge in [-0.2, -0.15) is 13.2 Å². The Labute approximate surface area is 151 Å². The highest BCUT2D eigenvalue weighted by Gasteiger charge is 2.34. The van der Waals surface area contributed by atoms with Crippen LogP contribution in [-0.2, 0) is 6.18 Å². The molecule has 0 aliphatic rings. The summed E-state index contributed by atoms with van der Waals surface area (Å²) in [5, 5.41) is 2.44. The molecule has 1 amide bonds. The van der Waals surface area contributed by atoms with E-state index in [2.05, 4.69) is 5.32 Å². The lowest BCUT2D eigenvalue weighted by atomic mass is 9.98. The fourth-order valence-corrected chi connectivity index (χ4v) is 2.62. The molecule has 138 valence electrons. The van der Waals surface area contributed by atoms with Crippen molar-refractivity contribution in [1.29, 1.82) is 0 Å². The monoisotopic (exact) mass is 377 g/mol. The Morgan fingerprint density at radius 3 is 2.04 bits per heavy atom. The fourth-order valence-electron chi connectivity index (χ4n) is 2.62. The molecule has 0 fully saturated rings. The maximum atomic E-state index is 14.0. The van der Waals surface area contributed by atoms with Gasteiger partial charge in [0.2, 0.25) is 0 Å². The molecule has 0 aromatic heterocycles. The number of amides is 1. The second-order valence-electron chi connectivity index (χ2n) is 5.67. The lowest BCUT2D eigenvalue weighted by Crippen LogP contribution is -2.13. The molecule has 3 aromatic carbocycles. The first kappa shape index (κ1) is 18.6. The van der Waals surface area contributed by atoms with Gasteiger partial charge in [-0.05, 0) is 42.0 Å². The summed E-state index contributed by atoms with van der Waals surface area (Å²) in [6.07, 6.45) is -4.71. The predicted molar refractivity (Wildman–Crippen MR) is 91.2 cm³/mol. The van der Waals surface area contributed by atoms with Crippen molar-refractivity contribution in [3.05, 3.63) is 89.5 Å². The third-order valence-electron chi connectivity index (χ3n) is 3.87. The van der Waals surface area contributed by atoms with Crippen LogP contribution in [0.3, 0.4) is 0 Å². The van der Waals surface area contributed by atoms with Crippen molar-refractivity contribution in [2.75, 3.05) is 5.32 Å². The number of halogens is 5. The van der Waals surface area contributed by atoms with Crippen LogP contribution in [0.5, 0.6) is 0 Å². The first-order chi connectivity index (χ1) is 12.8. The van der Waals surface area contributed by atoms with Gasteiger partial charge >= 0.3 is 6.18 Å². The van der Waals surface area contributed by atoms with Gasteiger partial charge in [0, 0.05) is 11.3 Å². The second-order valence-corrected chi connectivity index (χ2v) is 5.67. The lowest BCUT2D eigenvalue weighted by molar-refractivity contribution is -0.137. The van der Waals surface area contributed by atoms with Crippen molar-refractivity contribution in [1.82, 2.24) is 0 Å². The van der Waals surface area contributed by atoms with Crippen LogP contribution in [0.15, 0.2) is 66.7 Å². The van der Waals surface area contributed by atoms with Crippen LogP contribution < -0.4 is 5.32 Å². The van der Waals surface area contributed by atoms with Crippen LogP contribution >= 0.6 is 0 Å². The van der Waals surface area contributed by atoms with E-state index in [1.165, 1.54) is 42.5 Å². The number of hydrogen-bond acceptors (Lipinski definition) is 1. The van der Waals surface area contributed by atoms with Gasteiger partial charge < -0.3 is 5.32 Å². The van der Waals surface area contributed by atoms with Gasteiger partial charge in [0.25, 0.3) is 5.91 Å². The summed E-state index contributed by atoms with van der Waals surface area (Å²) in [7, 11) is 0. The predicted octanol–water partition coefficient (Wildman–Crippen LogP) is 5.90. The zero-order chi connectivity index (χ0) is 19.6. The fraction of sp³-hybridized carbons (Fsp3) is 0.0500. The van der Waals surface area contributed by atoms with Crippen molar-refractivity contribution in [2.24, 2.45) is 0 Å². The Hall–Kier alpha value is -3.22. The molecule has 0 heterocycles. The molecule has 0 aliphatic carbocycles. The van der Waals surface area contributed by atoms with E-state index in [4.69, 9.17) is 0 Å². The maximum Gasteiger partial charge on any atom is 0.417 e. The molecule has 2 nitrogen and oxygen atoms in total. The van der Waals surface area contributed by atoms with E-state index in [-0.39, 0.29) is 16.8 Å². The number of anilines is 1. The summed E-state index contributed by atoms with van der Waals surface area (Å²) in [6, 6.07) is 13.3. The average Bonchev–Trinajstić information content (AvgIpc) is 2.62. The number of carbonyl (C=O) groups excluding carboxylic acids is 1. The van der Waals surface area contributed by atoms with Gasteiger partial charge in [-0.15, -0.1) is 0 Å². The first-order valence-corrected chi connectivity index (χ1v) is 7.79. The minimum atomic E-state index is -4.71. The van der Waals surface area contributed by atoms with Crippen LogP contribution in [0.4, 0.5) is 27.6 Å². The summed E-state index contributed by atoms with van der Waals surface area (Å²) in [6.45, 7) is 0. The van der Waals surface area contributed by atoms with Crippen LogP contribution in [0.1, 0.15) is 15.9 Å². The van der Waals surface area contributed by atoms with Gasteiger partial charge in [-0.25, -0.2) is 8.78 Å². The third-order valence-corrected chi connectivity index (χ3v) is 3.87. The van der Waals surface area contributed by atoms with Gasteiger partial charge in [-0.1, -0.05) is 30.3 Å². The minimum Gasteiger partial charge on any atom is -0.322 e. The highest BCUT2D eigenvalue weighted by atomic mass is 19.4. The van der Waals surface area contributed by atoms with Gasteiger partial charge in [0.05, 0.1) is 11.1 Å². The molecule has 0 spiro atoms. The molecule has 0 saturated heterocycles. The summed E-state index contributed by atoms with van der Waals surface area (Å²) in [5.74, 6) is -2.41.